The van der Waals surface area contributed by atoms with Crippen molar-refractivity contribution in [3.05, 3.63) is 53.7 Å². The summed E-state index contributed by atoms with van der Waals surface area (Å²) < 4.78 is 0. The maximum atomic E-state index is 11.9. The summed E-state index contributed by atoms with van der Waals surface area (Å²) in [6.45, 7) is 3.36. The Morgan fingerprint density at radius 3 is 2.81 bits per heavy atom. The van der Waals surface area contributed by atoms with Gasteiger partial charge in [-0.15, -0.1) is 0 Å². The first kappa shape index (κ1) is 14.8. The van der Waals surface area contributed by atoms with Crippen LogP contribution in [0.5, 0.6) is 0 Å². The molecule has 0 saturated heterocycles. The number of benzene rings is 1. The first-order valence-electron chi connectivity index (χ1n) is 6.95. The molecule has 0 atom stereocenters. The molecule has 0 aliphatic heterocycles. The van der Waals surface area contributed by atoms with E-state index in [2.05, 4.69) is 15.6 Å². The van der Waals surface area contributed by atoms with E-state index in [1.807, 2.05) is 25.3 Å². The number of nitrogens with one attached hydrogen (secondary N) is 2. The SMILES string of the molecule is Cc1ccc(NCCCNC(=O)c2cccc(N)c2)nc1. The molecular formula is C16H20N4O. The predicted molar refractivity (Wildman–Crippen MR) is 85.3 cm³/mol. The molecule has 0 aliphatic rings. The molecule has 21 heavy (non-hydrogen) atoms. The average Bonchev–Trinajstić information content (AvgIpc) is 2.48. The van der Waals surface area contributed by atoms with Gasteiger partial charge in [0.2, 0.25) is 0 Å². The fourth-order valence-corrected chi connectivity index (χ4v) is 1.86. The van der Waals surface area contributed by atoms with Gasteiger partial charge in [-0.2, -0.15) is 0 Å². The summed E-state index contributed by atoms with van der Waals surface area (Å²) in [6, 6.07) is 10.9. The van der Waals surface area contributed by atoms with Gasteiger partial charge in [0.15, 0.2) is 0 Å². The molecule has 1 amide bonds. The van der Waals surface area contributed by atoms with Crippen LogP contribution in [-0.4, -0.2) is 24.0 Å². The standard InChI is InChI=1S/C16H20N4O/c1-12-6-7-15(20-11-12)18-8-3-9-19-16(21)13-4-2-5-14(17)10-13/h2,4-7,10-11H,3,8-9,17H2,1H3,(H,18,20)(H,19,21). The molecule has 0 unspecified atom stereocenters. The number of hydrogen-bond donors (Lipinski definition) is 3. The highest BCUT2D eigenvalue weighted by Crippen LogP contribution is 2.06. The quantitative estimate of drug-likeness (QED) is 0.561. The van der Waals surface area contributed by atoms with Crippen LogP contribution in [0.1, 0.15) is 22.3 Å². The third kappa shape index (κ3) is 4.80. The Morgan fingerprint density at radius 2 is 2.10 bits per heavy atom. The lowest BCUT2D eigenvalue weighted by Crippen LogP contribution is -2.25. The molecule has 0 spiro atoms. The maximum Gasteiger partial charge on any atom is 0.251 e. The summed E-state index contributed by atoms with van der Waals surface area (Å²) in [6.07, 6.45) is 2.65. The number of anilines is 2. The lowest BCUT2D eigenvalue weighted by molar-refractivity contribution is 0.0953. The van der Waals surface area contributed by atoms with Gasteiger partial charge in [0.05, 0.1) is 0 Å². The molecule has 110 valence electrons. The molecule has 2 rings (SSSR count). The first-order valence-corrected chi connectivity index (χ1v) is 6.95. The second kappa shape index (κ2) is 7.28. The van der Waals surface area contributed by atoms with Crippen molar-refractivity contribution in [1.82, 2.24) is 10.3 Å². The van der Waals surface area contributed by atoms with Crippen LogP contribution in [0.15, 0.2) is 42.6 Å². The van der Waals surface area contributed by atoms with E-state index in [1.54, 1.807) is 24.3 Å². The fourth-order valence-electron chi connectivity index (χ4n) is 1.86. The zero-order valence-electron chi connectivity index (χ0n) is 12.1. The van der Waals surface area contributed by atoms with Crippen LogP contribution in [-0.2, 0) is 0 Å². The Hall–Kier alpha value is -2.56. The topological polar surface area (TPSA) is 80.0 Å². The molecule has 0 bridgehead atoms. The summed E-state index contributed by atoms with van der Waals surface area (Å²) >= 11 is 0. The molecule has 5 nitrogen and oxygen atoms in total. The van der Waals surface area contributed by atoms with Crippen LogP contribution in [0.3, 0.4) is 0 Å². The van der Waals surface area contributed by atoms with Gasteiger partial charge in [-0.05, 0) is 43.2 Å². The minimum absolute atomic E-state index is 0.101. The summed E-state index contributed by atoms with van der Waals surface area (Å²) in [5.74, 6) is 0.749. The van der Waals surface area contributed by atoms with Crippen LogP contribution < -0.4 is 16.4 Å². The van der Waals surface area contributed by atoms with Crippen molar-refractivity contribution < 1.29 is 4.79 Å². The monoisotopic (exact) mass is 284 g/mol. The highest BCUT2D eigenvalue weighted by molar-refractivity contribution is 5.94. The average molecular weight is 284 g/mol. The van der Waals surface area contributed by atoms with Crippen molar-refractivity contribution in [1.29, 1.82) is 0 Å². The van der Waals surface area contributed by atoms with E-state index in [-0.39, 0.29) is 5.91 Å². The number of amides is 1. The van der Waals surface area contributed by atoms with E-state index >= 15 is 0 Å². The van der Waals surface area contributed by atoms with Gasteiger partial charge in [0, 0.05) is 30.5 Å². The van der Waals surface area contributed by atoms with Crippen LogP contribution in [0.25, 0.3) is 0 Å². The van der Waals surface area contributed by atoms with Gasteiger partial charge in [-0.1, -0.05) is 12.1 Å². The Balaban J connectivity index is 1.68. The Kier molecular flexibility index (Phi) is 5.15. The van der Waals surface area contributed by atoms with Crippen molar-refractivity contribution in [2.45, 2.75) is 13.3 Å². The number of aromatic nitrogens is 1. The molecule has 4 N–H and O–H groups in total. The van der Waals surface area contributed by atoms with Crippen molar-refractivity contribution in [2.24, 2.45) is 0 Å². The largest absolute Gasteiger partial charge is 0.399 e. The highest BCUT2D eigenvalue weighted by atomic mass is 16.1. The number of carbonyl (C=O) groups is 1. The summed E-state index contributed by atoms with van der Waals surface area (Å²) in [5.41, 5.74) is 7.96. The highest BCUT2D eigenvalue weighted by Gasteiger charge is 2.04. The van der Waals surface area contributed by atoms with Crippen molar-refractivity contribution in [3.8, 4) is 0 Å². The molecular weight excluding hydrogens is 264 g/mol. The summed E-state index contributed by atoms with van der Waals surface area (Å²) in [4.78, 5) is 16.1. The van der Waals surface area contributed by atoms with Gasteiger partial charge >= 0.3 is 0 Å². The molecule has 0 fully saturated rings. The zero-order chi connectivity index (χ0) is 15.1. The van der Waals surface area contributed by atoms with Crippen LogP contribution in [0.4, 0.5) is 11.5 Å². The van der Waals surface area contributed by atoms with Crippen molar-refractivity contribution in [2.75, 3.05) is 24.1 Å². The summed E-state index contributed by atoms with van der Waals surface area (Å²) in [5, 5.41) is 6.08. The van der Waals surface area contributed by atoms with Crippen LogP contribution >= 0.6 is 0 Å². The molecule has 1 aromatic heterocycles. The van der Waals surface area contributed by atoms with E-state index < -0.39 is 0 Å². The Morgan fingerprint density at radius 1 is 1.24 bits per heavy atom. The van der Waals surface area contributed by atoms with E-state index in [9.17, 15) is 4.79 Å². The number of pyridine rings is 1. The number of nitrogen functional groups attached to an aromatic ring is 1. The third-order valence-electron chi connectivity index (χ3n) is 3.01. The Labute approximate surface area is 124 Å². The van der Waals surface area contributed by atoms with E-state index in [1.165, 1.54) is 0 Å². The minimum atomic E-state index is -0.101. The van der Waals surface area contributed by atoms with Crippen LogP contribution in [0.2, 0.25) is 0 Å². The molecule has 1 aromatic carbocycles. The van der Waals surface area contributed by atoms with Gasteiger partial charge in [-0.3, -0.25) is 4.79 Å². The Bertz CT molecular complexity index is 595. The molecule has 0 aliphatic carbocycles. The number of rotatable bonds is 6. The second-order valence-corrected chi connectivity index (χ2v) is 4.88. The molecule has 5 heteroatoms. The first-order chi connectivity index (χ1) is 10.1. The normalized spacial score (nSPS) is 10.1. The van der Waals surface area contributed by atoms with Crippen LogP contribution in [0, 0.1) is 6.92 Å². The van der Waals surface area contributed by atoms with E-state index in [4.69, 9.17) is 5.73 Å². The van der Waals surface area contributed by atoms with Crippen molar-refractivity contribution in [3.63, 3.8) is 0 Å². The molecule has 0 radical (unpaired) electrons. The molecule has 2 aromatic rings. The number of carbonyl (C=O) groups excluding carboxylic acids is 1. The fraction of sp³-hybridized carbons (Fsp3) is 0.250. The summed E-state index contributed by atoms with van der Waals surface area (Å²) in [7, 11) is 0. The van der Waals surface area contributed by atoms with E-state index in [0.717, 1.165) is 24.3 Å². The maximum absolute atomic E-state index is 11.9. The smallest absolute Gasteiger partial charge is 0.251 e. The third-order valence-corrected chi connectivity index (χ3v) is 3.01. The van der Waals surface area contributed by atoms with Gasteiger partial charge < -0.3 is 16.4 Å². The minimum Gasteiger partial charge on any atom is -0.399 e. The molecule has 0 saturated carbocycles. The van der Waals surface area contributed by atoms with E-state index in [0.29, 0.717) is 17.8 Å². The lowest BCUT2D eigenvalue weighted by atomic mass is 10.2. The number of hydrogen-bond acceptors (Lipinski definition) is 4. The number of nitrogens with zero attached hydrogens (tertiary/aromatic N) is 1. The van der Waals surface area contributed by atoms with Crippen molar-refractivity contribution >= 4 is 17.4 Å². The zero-order valence-corrected chi connectivity index (χ0v) is 12.1. The number of nitrogens with two attached hydrogens (primary N) is 1. The second-order valence-electron chi connectivity index (χ2n) is 4.88. The number of aryl methyl sites for hydroxylation is 1. The van der Waals surface area contributed by atoms with Gasteiger partial charge in [0.25, 0.3) is 5.91 Å². The van der Waals surface area contributed by atoms with Gasteiger partial charge in [0.1, 0.15) is 5.82 Å². The molecule has 1 heterocycles. The predicted octanol–water partition coefficient (Wildman–Crippen LogP) is 2.20. The lowest BCUT2D eigenvalue weighted by Gasteiger charge is -2.07. The van der Waals surface area contributed by atoms with Gasteiger partial charge in [-0.25, -0.2) is 4.98 Å².